The second-order valence-corrected chi connectivity index (χ2v) is 5.87. The van der Waals surface area contributed by atoms with E-state index in [1.165, 1.54) is 0 Å². The van der Waals surface area contributed by atoms with Crippen LogP contribution >= 0.6 is 11.3 Å². The van der Waals surface area contributed by atoms with Gasteiger partial charge in [0.1, 0.15) is 5.75 Å². The maximum Gasteiger partial charge on any atom is 0.311 e. The predicted molar refractivity (Wildman–Crippen MR) is 80.9 cm³/mol. The fraction of sp³-hybridized carbons (Fsp3) is 0.312. The maximum absolute atomic E-state index is 11.7. The molecule has 1 aromatic carbocycles. The van der Waals surface area contributed by atoms with Crippen molar-refractivity contribution in [3.63, 3.8) is 0 Å². The summed E-state index contributed by atoms with van der Waals surface area (Å²) in [7, 11) is 1.57. The molecule has 0 aliphatic heterocycles. The van der Waals surface area contributed by atoms with Gasteiger partial charge >= 0.3 is 5.97 Å². The smallest absolute Gasteiger partial charge is 0.311 e. The Hall–Kier alpha value is -1.81. The van der Waals surface area contributed by atoms with Gasteiger partial charge in [-0.1, -0.05) is 17.7 Å². The van der Waals surface area contributed by atoms with Crippen LogP contribution in [0.1, 0.15) is 27.5 Å². The van der Waals surface area contributed by atoms with Crippen LogP contribution in [0.5, 0.6) is 5.75 Å². The highest BCUT2D eigenvalue weighted by Crippen LogP contribution is 2.32. The third-order valence-electron chi connectivity index (χ3n) is 3.42. The minimum Gasteiger partial charge on any atom is -0.496 e. The molecule has 0 spiro atoms. The molecule has 0 fully saturated rings. The van der Waals surface area contributed by atoms with E-state index >= 15 is 0 Å². The van der Waals surface area contributed by atoms with Gasteiger partial charge in [-0.2, -0.15) is 0 Å². The summed E-state index contributed by atoms with van der Waals surface area (Å²) in [6.07, 6.45) is 0.499. The Morgan fingerprint density at radius 2 is 2.10 bits per heavy atom. The monoisotopic (exact) mass is 290 g/mol. The van der Waals surface area contributed by atoms with Crippen LogP contribution < -0.4 is 4.74 Å². The van der Waals surface area contributed by atoms with Crippen LogP contribution in [0.2, 0.25) is 0 Å². The van der Waals surface area contributed by atoms with Crippen molar-refractivity contribution < 1.29 is 14.6 Å². The molecule has 0 aliphatic rings. The van der Waals surface area contributed by atoms with Gasteiger partial charge in [0.05, 0.1) is 13.0 Å². The molecule has 1 heterocycles. The van der Waals surface area contributed by atoms with Crippen molar-refractivity contribution in [2.75, 3.05) is 7.11 Å². The quantitative estimate of drug-likeness (QED) is 0.911. The van der Waals surface area contributed by atoms with E-state index in [1.54, 1.807) is 18.4 Å². The highest BCUT2D eigenvalue weighted by Gasteiger charge is 2.25. The van der Waals surface area contributed by atoms with E-state index in [0.29, 0.717) is 12.2 Å². The standard InChI is InChI=1S/C16H18O3S/c1-10-4-5-14(19-3)12(8-10)13(16(17)18)9-15-11(2)6-7-20-15/h4-8,13H,9H2,1-3H3,(H,17,18). The van der Waals surface area contributed by atoms with Gasteiger partial charge in [0.25, 0.3) is 0 Å². The van der Waals surface area contributed by atoms with Gasteiger partial charge in [0, 0.05) is 10.4 Å². The summed E-state index contributed by atoms with van der Waals surface area (Å²) in [4.78, 5) is 12.8. The average Bonchev–Trinajstić information content (AvgIpc) is 2.81. The second-order valence-electron chi connectivity index (χ2n) is 4.87. The van der Waals surface area contributed by atoms with E-state index in [1.807, 2.05) is 43.5 Å². The van der Waals surface area contributed by atoms with Crippen molar-refractivity contribution in [1.29, 1.82) is 0 Å². The van der Waals surface area contributed by atoms with Crippen LogP contribution in [0.3, 0.4) is 0 Å². The van der Waals surface area contributed by atoms with Gasteiger partial charge in [-0.05, 0) is 43.3 Å². The van der Waals surface area contributed by atoms with Gasteiger partial charge in [0.15, 0.2) is 0 Å². The molecule has 4 heteroatoms. The number of aryl methyl sites for hydroxylation is 2. The Bertz CT molecular complexity index is 616. The minimum atomic E-state index is -0.818. The lowest BCUT2D eigenvalue weighted by molar-refractivity contribution is -0.138. The molecule has 1 atom stereocenters. The topological polar surface area (TPSA) is 46.5 Å². The van der Waals surface area contributed by atoms with Crippen molar-refractivity contribution >= 4 is 17.3 Å². The molecular formula is C16H18O3S. The molecule has 0 amide bonds. The third-order valence-corrected chi connectivity index (χ3v) is 4.46. The summed E-state index contributed by atoms with van der Waals surface area (Å²) in [5.74, 6) is -0.763. The summed E-state index contributed by atoms with van der Waals surface area (Å²) in [6.45, 7) is 3.97. The largest absolute Gasteiger partial charge is 0.496 e. The Balaban J connectivity index is 2.41. The average molecular weight is 290 g/mol. The second kappa shape index (κ2) is 6.09. The first-order valence-corrected chi connectivity index (χ1v) is 7.31. The fourth-order valence-electron chi connectivity index (χ4n) is 2.25. The SMILES string of the molecule is COc1ccc(C)cc1C(Cc1sccc1C)C(=O)O. The molecule has 0 saturated heterocycles. The predicted octanol–water partition coefficient (Wildman–Crippen LogP) is 3.78. The zero-order chi connectivity index (χ0) is 14.7. The first-order valence-electron chi connectivity index (χ1n) is 6.43. The molecule has 1 unspecified atom stereocenters. The lowest BCUT2D eigenvalue weighted by Gasteiger charge is -2.16. The first-order chi connectivity index (χ1) is 9.52. The molecule has 2 aromatic rings. The number of carboxylic acids is 1. The summed E-state index contributed by atoms with van der Waals surface area (Å²) < 4.78 is 5.32. The van der Waals surface area contributed by atoms with Crippen LogP contribution in [0.4, 0.5) is 0 Å². The van der Waals surface area contributed by atoms with Gasteiger partial charge < -0.3 is 9.84 Å². The number of thiophene rings is 1. The van der Waals surface area contributed by atoms with Crippen molar-refractivity contribution in [2.24, 2.45) is 0 Å². The van der Waals surface area contributed by atoms with E-state index in [4.69, 9.17) is 4.74 Å². The van der Waals surface area contributed by atoms with Crippen LogP contribution in [0.15, 0.2) is 29.6 Å². The molecule has 0 aliphatic carbocycles. The first kappa shape index (κ1) is 14.6. The number of benzene rings is 1. The Labute approximate surface area is 122 Å². The van der Waals surface area contributed by atoms with Crippen molar-refractivity contribution in [3.05, 3.63) is 51.2 Å². The third kappa shape index (κ3) is 3.02. The van der Waals surface area contributed by atoms with E-state index in [-0.39, 0.29) is 0 Å². The highest BCUT2D eigenvalue weighted by atomic mass is 32.1. The molecule has 2 rings (SSSR count). The van der Waals surface area contributed by atoms with Gasteiger partial charge in [0.2, 0.25) is 0 Å². The summed E-state index contributed by atoms with van der Waals surface area (Å²) >= 11 is 1.60. The summed E-state index contributed by atoms with van der Waals surface area (Å²) in [5, 5.41) is 11.6. The number of hydrogen-bond acceptors (Lipinski definition) is 3. The number of aliphatic carboxylic acids is 1. The molecule has 20 heavy (non-hydrogen) atoms. The number of rotatable bonds is 5. The molecular weight excluding hydrogens is 272 g/mol. The summed E-state index contributed by atoms with van der Waals surface area (Å²) in [5.41, 5.74) is 2.93. The number of ether oxygens (including phenoxy) is 1. The zero-order valence-corrected chi connectivity index (χ0v) is 12.7. The molecule has 3 nitrogen and oxygen atoms in total. The molecule has 0 radical (unpaired) electrons. The van der Waals surface area contributed by atoms with Crippen LogP contribution in [0.25, 0.3) is 0 Å². The lowest BCUT2D eigenvalue weighted by atomic mass is 9.92. The number of carbonyl (C=O) groups is 1. The Kier molecular flexibility index (Phi) is 4.45. The molecule has 0 saturated carbocycles. The van der Waals surface area contributed by atoms with Crippen LogP contribution in [0, 0.1) is 13.8 Å². The van der Waals surface area contributed by atoms with Gasteiger partial charge in [-0.25, -0.2) is 0 Å². The molecule has 1 aromatic heterocycles. The van der Waals surface area contributed by atoms with E-state index in [9.17, 15) is 9.90 Å². The number of carboxylic acid groups (broad SMARTS) is 1. The Morgan fingerprint density at radius 1 is 1.35 bits per heavy atom. The van der Waals surface area contributed by atoms with Crippen LogP contribution in [-0.2, 0) is 11.2 Å². The van der Waals surface area contributed by atoms with E-state index in [2.05, 4.69) is 0 Å². The number of methoxy groups -OCH3 is 1. The highest BCUT2D eigenvalue weighted by molar-refractivity contribution is 7.10. The fourth-order valence-corrected chi connectivity index (χ4v) is 3.21. The minimum absolute atomic E-state index is 0.499. The molecule has 1 N–H and O–H groups in total. The van der Waals surface area contributed by atoms with E-state index < -0.39 is 11.9 Å². The van der Waals surface area contributed by atoms with Crippen LogP contribution in [-0.4, -0.2) is 18.2 Å². The Morgan fingerprint density at radius 3 is 2.65 bits per heavy atom. The maximum atomic E-state index is 11.7. The summed E-state index contributed by atoms with van der Waals surface area (Å²) in [6, 6.07) is 7.69. The van der Waals surface area contributed by atoms with Crippen molar-refractivity contribution in [3.8, 4) is 5.75 Å². The lowest BCUT2D eigenvalue weighted by Crippen LogP contribution is -2.15. The van der Waals surface area contributed by atoms with Crippen molar-refractivity contribution in [2.45, 2.75) is 26.2 Å². The normalized spacial score (nSPS) is 12.2. The molecule has 0 bridgehead atoms. The zero-order valence-electron chi connectivity index (χ0n) is 11.8. The van der Waals surface area contributed by atoms with Gasteiger partial charge in [-0.3, -0.25) is 4.79 Å². The van der Waals surface area contributed by atoms with Gasteiger partial charge in [-0.15, -0.1) is 11.3 Å². The number of hydrogen-bond donors (Lipinski definition) is 1. The van der Waals surface area contributed by atoms with Crippen molar-refractivity contribution in [1.82, 2.24) is 0 Å². The van der Waals surface area contributed by atoms with E-state index in [0.717, 1.165) is 21.6 Å². The molecule has 106 valence electrons.